The van der Waals surface area contributed by atoms with Crippen molar-refractivity contribution in [3.05, 3.63) is 36.2 Å². The van der Waals surface area contributed by atoms with Gasteiger partial charge in [0.2, 0.25) is 5.91 Å². The summed E-state index contributed by atoms with van der Waals surface area (Å²) in [7, 11) is 0. The van der Waals surface area contributed by atoms with E-state index in [0.29, 0.717) is 12.5 Å². The highest BCUT2D eigenvalue weighted by Crippen LogP contribution is 2.10. The molecule has 7 nitrogen and oxygen atoms in total. The zero-order chi connectivity index (χ0) is 15.4. The van der Waals surface area contributed by atoms with E-state index in [-0.39, 0.29) is 11.9 Å². The first-order valence-electron chi connectivity index (χ1n) is 7.57. The van der Waals surface area contributed by atoms with E-state index >= 15 is 0 Å². The molecule has 2 aromatic rings. The molecule has 2 heterocycles. The van der Waals surface area contributed by atoms with Gasteiger partial charge in [-0.2, -0.15) is 0 Å². The fourth-order valence-corrected chi connectivity index (χ4v) is 2.73. The fraction of sp³-hybridized carbons (Fsp3) is 0.467. The number of carbonyl (C=O) groups is 1. The number of hydrogen-bond donors (Lipinski definition) is 2. The van der Waals surface area contributed by atoms with Crippen LogP contribution in [0.4, 0.5) is 0 Å². The first-order valence-corrected chi connectivity index (χ1v) is 7.57. The largest absolute Gasteiger partial charge is 0.352 e. The van der Waals surface area contributed by atoms with Crippen molar-refractivity contribution in [2.24, 2.45) is 0 Å². The molecule has 2 N–H and O–H groups in total. The lowest BCUT2D eigenvalue weighted by Crippen LogP contribution is -2.52. The third kappa shape index (κ3) is 3.48. The number of amides is 1. The van der Waals surface area contributed by atoms with Crippen molar-refractivity contribution >= 4 is 5.91 Å². The molecular weight excluding hydrogens is 280 g/mol. The highest BCUT2D eigenvalue weighted by atomic mass is 16.1. The van der Waals surface area contributed by atoms with Crippen LogP contribution in [0, 0.1) is 0 Å². The Morgan fingerprint density at radius 3 is 2.91 bits per heavy atom. The molecule has 0 spiro atoms. The average molecular weight is 300 g/mol. The minimum absolute atomic E-state index is 0.0655. The van der Waals surface area contributed by atoms with Crippen LogP contribution >= 0.6 is 0 Å². The third-order valence-electron chi connectivity index (χ3n) is 4.02. The maximum Gasteiger partial charge on any atom is 0.224 e. The lowest BCUT2D eigenvalue weighted by Gasteiger charge is -2.30. The number of nitrogens with one attached hydrogen (secondary N) is 2. The zero-order valence-corrected chi connectivity index (χ0v) is 12.6. The number of carbonyl (C=O) groups excluding carboxylic acids is 1. The van der Waals surface area contributed by atoms with Gasteiger partial charge in [0.05, 0.1) is 12.1 Å². The zero-order valence-electron chi connectivity index (χ0n) is 12.6. The van der Waals surface area contributed by atoms with E-state index in [1.807, 2.05) is 24.3 Å². The van der Waals surface area contributed by atoms with Gasteiger partial charge in [0, 0.05) is 12.1 Å². The molecule has 22 heavy (non-hydrogen) atoms. The van der Waals surface area contributed by atoms with Crippen molar-refractivity contribution in [2.45, 2.75) is 38.3 Å². The highest BCUT2D eigenvalue weighted by Gasteiger charge is 2.22. The van der Waals surface area contributed by atoms with Crippen LogP contribution in [-0.4, -0.2) is 44.7 Å². The molecule has 2 unspecified atom stereocenters. The molecular formula is C15H20N6O. The van der Waals surface area contributed by atoms with E-state index in [9.17, 15) is 4.79 Å². The van der Waals surface area contributed by atoms with Crippen molar-refractivity contribution in [3.8, 4) is 5.69 Å². The second-order valence-corrected chi connectivity index (χ2v) is 5.66. The lowest BCUT2D eigenvalue weighted by atomic mass is 9.99. The van der Waals surface area contributed by atoms with Crippen LogP contribution in [-0.2, 0) is 11.2 Å². The Kier molecular flexibility index (Phi) is 4.43. The number of tetrazole rings is 1. The summed E-state index contributed by atoms with van der Waals surface area (Å²) in [5, 5.41) is 17.5. The summed E-state index contributed by atoms with van der Waals surface area (Å²) in [5.41, 5.74) is 1.85. The Balaban J connectivity index is 1.57. The SMILES string of the molecule is CC1NCCCC1NC(=O)Cc1ccc(-n2cnnn2)cc1. The molecule has 1 aromatic carbocycles. The molecule has 0 aliphatic carbocycles. The Labute approximate surface area is 129 Å². The van der Waals surface area contributed by atoms with Crippen LogP contribution < -0.4 is 10.6 Å². The highest BCUT2D eigenvalue weighted by molar-refractivity contribution is 5.79. The van der Waals surface area contributed by atoms with Crippen LogP contribution in [0.3, 0.4) is 0 Å². The molecule has 1 amide bonds. The predicted octanol–water partition coefficient (Wildman–Crippen LogP) is 0.461. The van der Waals surface area contributed by atoms with Gasteiger partial charge in [-0.1, -0.05) is 12.1 Å². The Bertz CT molecular complexity index is 609. The molecule has 2 atom stereocenters. The smallest absolute Gasteiger partial charge is 0.224 e. The number of piperidine rings is 1. The fourth-order valence-electron chi connectivity index (χ4n) is 2.73. The minimum atomic E-state index is 0.0655. The number of hydrogen-bond acceptors (Lipinski definition) is 5. The molecule has 7 heteroatoms. The van der Waals surface area contributed by atoms with Crippen LogP contribution in [0.15, 0.2) is 30.6 Å². The standard InChI is InChI=1S/C15H20N6O/c1-11-14(3-2-8-16-11)18-15(22)9-12-4-6-13(7-5-12)21-10-17-19-20-21/h4-7,10-11,14,16H,2-3,8-9H2,1H3,(H,18,22). The van der Waals surface area contributed by atoms with Crippen molar-refractivity contribution in [3.63, 3.8) is 0 Å². The second-order valence-electron chi connectivity index (χ2n) is 5.66. The van der Waals surface area contributed by atoms with Gasteiger partial charge < -0.3 is 10.6 Å². The molecule has 1 aliphatic heterocycles. The van der Waals surface area contributed by atoms with E-state index in [1.54, 1.807) is 11.0 Å². The number of aromatic nitrogens is 4. The monoisotopic (exact) mass is 300 g/mol. The van der Waals surface area contributed by atoms with Crippen molar-refractivity contribution in [1.29, 1.82) is 0 Å². The summed E-state index contributed by atoms with van der Waals surface area (Å²) in [6, 6.07) is 8.23. The Morgan fingerprint density at radius 1 is 1.41 bits per heavy atom. The lowest BCUT2D eigenvalue weighted by molar-refractivity contribution is -0.121. The second kappa shape index (κ2) is 6.65. The molecule has 1 aromatic heterocycles. The van der Waals surface area contributed by atoms with Crippen molar-refractivity contribution in [1.82, 2.24) is 30.8 Å². The van der Waals surface area contributed by atoms with E-state index in [2.05, 4.69) is 33.1 Å². The summed E-state index contributed by atoms with van der Waals surface area (Å²) in [4.78, 5) is 12.2. The summed E-state index contributed by atoms with van der Waals surface area (Å²) in [6.07, 6.45) is 4.08. The number of benzene rings is 1. The molecule has 0 saturated carbocycles. The van der Waals surface area contributed by atoms with E-state index in [4.69, 9.17) is 0 Å². The van der Waals surface area contributed by atoms with Crippen LogP contribution in [0.1, 0.15) is 25.3 Å². The molecule has 1 saturated heterocycles. The maximum absolute atomic E-state index is 12.2. The van der Waals surface area contributed by atoms with Gasteiger partial charge in [-0.15, -0.1) is 5.10 Å². The van der Waals surface area contributed by atoms with Crippen LogP contribution in [0.25, 0.3) is 5.69 Å². The van der Waals surface area contributed by atoms with E-state index in [1.165, 1.54) is 0 Å². The predicted molar refractivity (Wildman–Crippen MR) is 81.5 cm³/mol. The van der Waals surface area contributed by atoms with Crippen LogP contribution in [0.5, 0.6) is 0 Å². The van der Waals surface area contributed by atoms with Crippen LogP contribution in [0.2, 0.25) is 0 Å². The van der Waals surface area contributed by atoms with E-state index in [0.717, 1.165) is 30.6 Å². The van der Waals surface area contributed by atoms with Crippen molar-refractivity contribution < 1.29 is 4.79 Å². The summed E-state index contributed by atoms with van der Waals surface area (Å²) >= 11 is 0. The third-order valence-corrected chi connectivity index (χ3v) is 4.02. The molecule has 0 bridgehead atoms. The van der Waals surface area contributed by atoms with Gasteiger partial charge in [0.25, 0.3) is 0 Å². The van der Waals surface area contributed by atoms with Gasteiger partial charge in [-0.3, -0.25) is 4.79 Å². The molecule has 0 radical (unpaired) electrons. The van der Waals surface area contributed by atoms with Gasteiger partial charge in [0.15, 0.2) is 0 Å². The van der Waals surface area contributed by atoms with Gasteiger partial charge in [0.1, 0.15) is 6.33 Å². The summed E-state index contributed by atoms with van der Waals surface area (Å²) < 4.78 is 1.58. The summed E-state index contributed by atoms with van der Waals surface area (Å²) in [5.74, 6) is 0.0655. The number of nitrogens with zero attached hydrogens (tertiary/aromatic N) is 4. The first-order chi connectivity index (χ1) is 10.7. The normalized spacial score (nSPS) is 21.5. The average Bonchev–Trinajstić information content (AvgIpc) is 3.05. The Hall–Kier alpha value is -2.28. The topological polar surface area (TPSA) is 84.7 Å². The van der Waals surface area contributed by atoms with Gasteiger partial charge >= 0.3 is 0 Å². The van der Waals surface area contributed by atoms with Gasteiger partial charge in [-0.05, 0) is 54.4 Å². The van der Waals surface area contributed by atoms with Crippen molar-refractivity contribution in [2.75, 3.05) is 6.54 Å². The van der Waals surface area contributed by atoms with Gasteiger partial charge in [-0.25, -0.2) is 4.68 Å². The quantitative estimate of drug-likeness (QED) is 0.857. The molecule has 3 rings (SSSR count). The van der Waals surface area contributed by atoms with E-state index < -0.39 is 0 Å². The molecule has 116 valence electrons. The molecule has 1 fully saturated rings. The number of rotatable bonds is 4. The molecule has 1 aliphatic rings. The summed E-state index contributed by atoms with van der Waals surface area (Å²) in [6.45, 7) is 3.15. The maximum atomic E-state index is 12.2. The minimum Gasteiger partial charge on any atom is -0.352 e. The first kappa shape index (κ1) is 14.6. The Morgan fingerprint density at radius 2 is 2.23 bits per heavy atom.